The molecule has 3 rings (SSSR count). The number of ketones is 1. The molecule has 182 valence electrons. The van der Waals surface area contributed by atoms with E-state index in [0.29, 0.717) is 5.56 Å². The summed E-state index contributed by atoms with van der Waals surface area (Å²) in [4.78, 5) is 27.1. The second-order valence-corrected chi connectivity index (χ2v) is 9.88. The lowest BCUT2D eigenvalue weighted by Gasteiger charge is -2.25. The van der Waals surface area contributed by atoms with Crippen molar-refractivity contribution in [3.63, 3.8) is 0 Å². The molecule has 2 N–H and O–H groups in total. The normalized spacial score (nSPS) is 18.0. The van der Waals surface area contributed by atoms with E-state index >= 15 is 0 Å². The minimum Gasteiger partial charge on any atom is -0.507 e. The van der Waals surface area contributed by atoms with Gasteiger partial charge < -0.3 is 24.6 Å². The van der Waals surface area contributed by atoms with Crippen molar-refractivity contribution in [3.05, 3.63) is 59.2 Å². The predicted molar refractivity (Wildman–Crippen MR) is 123 cm³/mol. The van der Waals surface area contributed by atoms with E-state index in [1.165, 1.54) is 75.7 Å². The van der Waals surface area contributed by atoms with Crippen molar-refractivity contribution in [3.8, 4) is 11.5 Å². The van der Waals surface area contributed by atoms with Gasteiger partial charge in [-0.2, -0.15) is 0 Å². The third kappa shape index (κ3) is 4.49. The monoisotopic (exact) mass is 490 g/mol. The molecular weight excluding hydrogens is 464 g/mol. The lowest BCUT2D eigenvalue weighted by atomic mass is 9.95. The molecule has 11 heteroatoms. The second-order valence-electron chi connectivity index (χ2n) is 7.73. The van der Waals surface area contributed by atoms with Crippen LogP contribution >= 0.6 is 0 Å². The molecule has 1 atom stereocenters. The number of phenolic OH excluding ortho intramolecular Hbond substituents is 1. The van der Waals surface area contributed by atoms with Crippen molar-refractivity contribution in [2.75, 3.05) is 41.5 Å². The van der Waals surface area contributed by atoms with Crippen LogP contribution in [0.5, 0.6) is 11.5 Å². The number of benzene rings is 2. The van der Waals surface area contributed by atoms with E-state index in [1.54, 1.807) is 0 Å². The van der Waals surface area contributed by atoms with Crippen LogP contribution in [0.2, 0.25) is 0 Å². The van der Waals surface area contributed by atoms with Crippen LogP contribution in [0.25, 0.3) is 5.76 Å². The molecule has 34 heavy (non-hydrogen) atoms. The van der Waals surface area contributed by atoms with Gasteiger partial charge in [-0.05, 0) is 42.0 Å². The van der Waals surface area contributed by atoms with E-state index < -0.39 is 33.5 Å². The zero-order chi connectivity index (χ0) is 25.2. The number of amides is 1. The Kier molecular flexibility index (Phi) is 7.29. The number of likely N-dealkylation sites (tertiary alicyclic amines) is 1. The largest absolute Gasteiger partial charge is 0.507 e. The molecule has 10 nitrogen and oxygen atoms in total. The Labute approximate surface area is 197 Å². The Morgan fingerprint density at radius 3 is 2.29 bits per heavy atom. The van der Waals surface area contributed by atoms with Gasteiger partial charge in [-0.25, -0.2) is 12.7 Å². The first-order valence-corrected chi connectivity index (χ1v) is 11.7. The average Bonchev–Trinajstić information content (AvgIpc) is 3.07. The summed E-state index contributed by atoms with van der Waals surface area (Å²) in [5, 5.41) is 21.0. The highest BCUT2D eigenvalue weighted by Crippen LogP contribution is 2.41. The Morgan fingerprint density at radius 2 is 1.74 bits per heavy atom. The SMILES string of the molecule is COCCN1C(=O)C(=O)C(=C(O)c2ccc(S(=O)(=O)N(C)C)cc2)[C@H]1c1ccc(O)c(OC)c1. The fraction of sp³-hybridized carbons (Fsp3) is 0.304. The summed E-state index contributed by atoms with van der Waals surface area (Å²) in [5.41, 5.74) is 0.425. The summed E-state index contributed by atoms with van der Waals surface area (Å²) in [6, 6.07) is 8.74. The van der Waals surface area contributed by atoms with E-state index in [2.05, 4.69) is 0 Å². The highest BCUT2D eigenvalue weighted by atomic mass is 32.2. The summed E-state index contributed by atoms with van der Waals surface area (Å²) < 4.78 is 36.0. The molecule has 2 aromatic carbocycles. The van der Waals surface area contributed by atoms with Gasteiger partial charge in [0, 0.05) is 33.3 Å². The number of carbonyl (C=O) groups is 2. The van der Waals surface area contributed by atoms with Crippen LogP contribution in [0.15, 0.2) is 52.9 Å². The maximum Gasteiger partial charge on any atom is 0.295 e. The second kappa shape index (κ2) is 9.84. The summed E-state index contributed by atoms with van der Waals surface area (Å²) in [6.07, 6.45) is 0. The highest BCUT2D eigenvalue weighted by Gasteiger charge is 2.46. The molecule has 0 unspecified atom stereocenters. The van der Waals surface area contributed by atoms with E-state index in [4.69, 9.17) is 9.47 Å². The number of Topliss-reactive ketones (excluding diaryl/α,β-unsaturated/α-hetero) is 1. The van der Waals surface area contributed by atoms with Crippen molar-refractivity contribution in [2.24, 2.45) is 0 Å². The zero-order valence-electron chi connectivity index (χ0n) is 19.2. The van der Waals surface area contributed by atoms with Crippen molar-refractivity contribution in [1.29, 1.82) is 0 Å². The van der Waals surface area contributed by atoms with Crippen LogP contribution in [0.3, 0.4) is 0 Å². The van der Waals surface area contributed by atoms with Gasteiger partial charge in [0.25, 0.3) is 11.7 Å². The van der Waals surface area contributed by atoms with Gasteiger partial charge >= 0.3 is 0 Å². The number of sulfonamides is 1. The van der Waals surface area contributed by atoms with Gasteiger partial charge in [-0.1, -0.05) is 6.07 Å². The molecule has 1 fully saturated rings. The Bertz CT molecular complexity index is 1240. The summed E-state index contributed by atoms with van der Waals surface area (Å²) >= 11 is 0. The van der Waals surface area contributed by atoms with Gasteiger partial charge in [0.15, 0.2) is 11.5 Å². The number of hydrogen-bond acceptors (Lipinski definition) is 8. The first kappa shape index (κ1) is 25.2. The fourth-order valence-corrected chi connectivity index (χ4v) is 4.56. The minimum atomic E-state index is -3.69. The number of hydrogen-bond donors (Lipinski definition) is 2. The highest BCUT2D eigenvalue weighted by molar-refractivity contribution is 7.89. The summed E-state index contributed by atoms with van der Waals surface area (Å²) in [5.74, 6) is -2.16. The molecule has 1 saturated heterocycles. The van der Waals surface area contributed by atoms with Gasteiger partial charge in [0.05, 0.1) is 30.2 Å². The number of aliphatic hydroxyl groups is 1. The van der Waals surface area contributed by atoms with Crippen molar-refractivity contribution >= 4 is 27.5 Å². The third-order valence-corrected chi connectivity index (χ3v) is 7.33. The Hall–Kier alpha value is -3.41. The molecule has 0 radical (unpaired) electrons. The van der Waals surface area contributed by atoms with Crippen molar-refractivity contribution in [1.82, 2.24) is 9.21 Å². The zero-order valence-corrected chi connectivity index (χ0v) is 20.0. The van der Waals surface area contributed by atoms with Gasteiger partial charge in [-0.15, -0.1) is 0 Å². The van der Waals surface area contributed by atoms with Crippen LogP contribution < -0.4 is 4.74 Å². The lowest BCUT2D eigenvalue weighted by Crippen LogP contribution is -2.32. The van der Waals surface area contributed by atoms with Crippen LogP contribution in [-0.2, 0) is 24.3 Å². The molecule has 0 bridgehead atoms. The molecule has 0 aliphatic carbocycles. The van der Waals surface area contributed by atoms with Crippen LogP contribution in [0, 0.1) is 0 Å². The maximum absolute atomic E-state index is 13.0. The van der Waals surface area contributed by atoms with E-state index in [0.717, 1.165) is 4.31 Å². The number of rotatable bonds is 8. The fourth-order valence-electron chi connectivity index (χ4n) is 3.66. The van der Waals surface area contributed by atoms with Crippen LogP contribution in [-0.4, -0.2) is 81.0 Å². The smallest absolute Gasteiger partial charge is 0.295 e. The quantitative estimate of drug-likeness (QED) is 0.325. The maximum atomic E-state index is 13.0. The Morgan fingerprint density at radius 1 is 1.09 bits per heavy atom. The molecule has 0 aromatic heterocycles. The molecule has 0 spiro atoms. The van der Waals surface area contributed by atoms with Crippen LogP contribution in [0.4, 0.5) is 0 Å². The van der Waals surface area contributed by atoms with Crippen LogP contribution in [0.1, 0.15) is 17.2 Å². The molecule has 1 aliphatic heterocycles. The molecule has 2 aromatic rings. The van der Waals surface area contributed by atoms with E-state index in [9.17, 15) is 28.2 Å². The average molecular weight is 491 g/mol. The predicted octanol–water partition coefficient (Wildman–Crippen LogP) is 1.72. The number of methoxy groups -OCH3 is 2. The van der Waals surface area contributed by atoms with Crippen molar-refractivity contribution in [2.45, 2.75) is 10.9 Å². The number of aromatic hydroxyl groups is 1. The molecule has 1 aliphatic rings. The minimum absolute atomic E-state index is 0.00872. The number of phenols is 1. The Balaban J connectivity index is 2.16. The third-order valence-electron chi connectivity index (χ3n) is 5.50. The summed E-state index contributed by atoms with van der Waals surface area (Å²) in [7, 11) is 1.93. The molecular formula is C23H26N2O8S. The van der Waals surface area contributed by atoms with Gasteiger partial charge in [0.2, 0.25) is 10.0 Å². The van der Waals surface area contributed by atoms with E-state index in [-0.39, 0.29) is 40.7 Å². The molecule has 1 amide bonds. The first-order valence-electron chi connectivity index (χ1n) is 10.2. The first-order chi connectivity index (χ1) is 16.0. The standard InChI is InChI=1S/C23H26N2O8S/c1-24(2)34(30,31)16-8-5-14(6-9-16)21(27)19-20(15-7-10-17(26)18(13-15)33-4)25(11-12-32-3)23(29)22(19)28/h5-10,13,20,26-27H,11-12H2,1-4H3/t20-/m1/s1. The van der Waals surface area contributed by atoms with E-state index in [1.807, 2.05) is 0 Å². The van der Waals surface area contributed by atoms with Gasteiger partial charge in [-0.3, -0.25) is 9.59 Å². The number of carbonyl (C=O) groups excluding carboxylic acids is 2. The number of ether oxygens (including phenoxy) is 2. The number of nitrogens with zero attached hydrogens (tertiary/aromatic N) is 2. The van der Waals surface area contributed by atoms with Crippen molar-refractivity contribution < 1.29 is 37.7 Å². The number of aliphatic hydroxyl groups excluding tert-OH is 1. The topological polar surface area (TPSA) is 134 Å². The molecule has 0 saturated carbocycles. The van der Waals surface area contributed by atoms with Gasteiger partial charge in [0.1, 0.15) is 5.76 Å². The lowest BCUT2D eigenvalue weighted by molar-refractivity contribution is -0.140. The molecule has 1 heterocycles. The summed E-state index contributed by atoms with van der Waals surface area (Å²) in [6.45, 7) is 0.224.